The number of amides is 1. The minimum Gasteiger partial charge on any atom is -0.361 e. The van der Waals surface area contributed by atoms with Gasteiger partial charge in [0, 0.05) is 41.0 Å². The van der Waals surface area contributed by atoms with Crippen molar-refractivity contribution < 1.29 is 4.79 Å². The molecule has 0 aliphatic carbocycles. The van der Waals surface area contributed by atoms with Crippen molar-refractivity contribution in [2.75, 3.05) is 6.54 Å². The van der Waals surface area contributed by atoms with E-state index in [0.29, 0.717) is 24.5 Å². The highest BCUT2D eigenvalue weighted by atomic mass is 35.5. The van der Waals surface area contributed by atoms with Gasteiger partial charge in [0.25, 0.3) is 0 Å². The normalized spacial score (nSPS) is 12.2. The lowest BCUT2D eigenvalue weighted by Crippen LogP contribution is -2.28. The number of aromatic amines is 1. The third-order valence-corrected chi connectivity index (χ3v) is 5.22. The fraction of sp³-hybridized carbons (Fsp3) is 0.238. The highest BCUT2D eigenvalue weighted by molar-refractivity contribution is 6.30. The second-order valence-electron chi connectivity index (χ2n) is 6.94. The van der Waals surface area contributed by atoms with Gasteiger partial charge in [-0.05, 0) is 46.2 Å². The van der Waals surface area contributed by atoms with Gasteiger partial charge in [-0.15, -0.1) is 5.10 Å². The zero-order valence-electron chi connectivity index (χ0n) is 15.8. The molecule has 0 aliphatic heterocycles. The number of carbonyl (C=O) groups excluding carboxylic acids is 1. The Morgan fingerprint density at radius 2 is 2.00 bits per heavy atom. The lowest BCUT2D eigenvalue weighted by Gasteiger charge is -2.17. The predicted molar refractivity (Wildman–Crippen MR) is 112 cm³/mol. The quantitative estimate of drug-likeness (QED) is 0.468. The zero-order chi connectivity index (χ0) is 20.1. The van der Waals surface area contributed by atoms with Crippen molar-refractivity contribution in [1.82, 2.24) is 30.5 Å². The first kappa shape index (κ1) is 19.1. The lowest BCUT2D eigenvalue weighted by atomic mass is 9.95. The second-order valence-corrected chi connectivity index (χ2v) is 7.38. The van der Waals surface area contributed by atoms with Gasteiger partial charge in [0.05, 0.1) is 6.54 Å². The SMILES string of the molecule is O=C(CC(Cn1cnnn1)c1ccc(Cl)cc1)NCCc1c[nH]c2ccccc12. The van der Waals surface area contributed by atoms with Crippen LogP contribution in [0, 0.1) is 0 Å². The molecule has 2 heterocycles. The number of rotatable bonds is 8. The summed E-state index contributed by atoms with van der Waals surface area (Å²) < 4.78 is 1.64. The van der Waals surface area contributed by atoms with E-state index >= 15 is 0 Å². The van der Waals surface area contributed by atoms with Crippen LogP contribution in [0.15, 0.2) is 61.1 Å². The third-order valence-electron chi connectivity index (χ3n) is 4.96. The largest absolute Gasteiger partial charge is 0.361 e. The Hall–Kier alpha value is -3.19. The maximum absolute atomic E-state index is 12.6. The Balaban J connectivity index is 1.37. The highest BCUT2D eigenvalue weighted by Crippen LogP contribution is 2.23. The molecule has 0 saturated carbocycles. The highest BCUT2D eigenvalue weighted by Gasteiger charge is 2.18. The van der Waals surface area contributed by atoms with Gasteiger partial charge >= 0.3 is 0 Å². The van der Waals surface area contributed by atoms with Crippen molar-refractivity contribution in [1.29, 1.82) is 0 Å². The summed E-state index contributed by atoms with van der Waals surface area (Å²) in [6.07, 6.45) is 4.67. The van der Waals surface area contributed by atoms with E-state index in [0.717, 1.165) is 17.5 Å². The van der Waals surface area contributed by atoms with E-state index in [9.17, 15) is 4.79 Å². The summed E-state index contributed by atoms with van der Waals surface area (Å²) in [6.45, 7) is 1.10. The van der Waals surface area contributed by atoms with E-state index in [4.69, 9.17) is 11.6 Å². The summed E-state index contributed by atoms with van der Waals surface area (Å²) in [6, 6.07) is 15.7. The number of tetrazole rings is 1. The minimum absolute atomic E-state index is 0.00198. The van der Waals surface area contributed by atoms with E-state index in [2.05, 4.69) is 31.9 Å². The fourth-order valence-electron chi connectivity index (χ4n) is 3.48. The molecule has 7 nitrogen and oxygen atoms in total. The molecule has 1 amide bonds. The molecule has 2 N–H and O–H groups in total. The number of carbonyl (C=O) groups is 1. The Labute approximate surface area is 173 Å². The first-order valence-electron chi connectivity index (χ1n) is 9.47. The molecule has 0 spiro atoms. The van der Waals surface area contributed by atoms with Gasteiger partial charge in [0.1, 0.15) is 6.33 Å². The summed E-state index contributed by atoms with van der Waals surface area (Å²) in [5.74, 6) is -0.0540. The molecule has 148 valence electrons. The molecule has 29 heavy (non-hydrogen) atoms. The number of nitrogens with one attached hydrogen (secondary N) is 2. The molecule has 0 saturated heterocycles. The van der Waals surface area contributed by atoms with Crippen molar-refractivity contribution in [3.05, 3.63) is 77.2 Å². The molecule has 0 aliphatic rings. The number of hydrogen-bond donors (Lipinski definition) is 2. The summed E-state index contributed by atoms with van der Waals surface area (Å²) in [5.41, 5.74) is 3.33. The molecule has 0 fully saturated rings. The van der Waals surface area contributed by atoms with Gasteiger partial charge in [-0.3, -0.25) is 4.79 Å². The molecule has 1 unspecified atom stereocenters. The molecule has 4 rings (SSSR count). The number of nitrogens with zero attached hydrogens (tertiary/aromatic N) is 4. The van der Waals surface area contributed by atoms with Crippen molar-refractivity contribution in [2.24, 2.45) is 0 Å². The summed E-state index contributed by atoms with van der Waals surface area (Å²) in [7, 11) is 0. The molecule has 0 radical (unpaired) electrons. The van der Waals surface area contributed by atoms with Crippen LogP contribution in [-0.4, -0.2) is 37.6 Å². The van der Waals surface area contributed by atoms with Gasteiger partial charge in [0.2, 0.25) is 5.91 Å². The van der Waals surface area contributed by atoms with E-state index in [-0.39, 0.29) is 11.8 Å². The van der Waals surface area contributed by atoms with Crippen LogP contribution in [0.3, 0.4) is 0 Å². The number of fused-ring (bicyclic) bond motifs is 1. The Bertz CT molecular complexity index is 1070. The molecular weight excluding hydrogens is 388 g/mol. The molecule has 8 heteroatoms. The van der Waals surface area contributed by atoms with Crippen LogP contribution in [0.25, 0.3) is 10.9 Å². The van der Waals surface area contributed by atoms with Crippen LogP contribution in [0.1, 0.15) is 23.5 Å². The Morgan fingerprint density at radius 1 is 1.17 bits per heavy atom. The van der Waals surface area contributed by atoms with Crippen molar-refractivity contribution in [3.63, 3.8) is 0 Å². The maximum atomic E-state index is 12.6. The topological polar surface area (TPSA) is 88.5 Å². The van der Waals surface area contributed by atoms with Crippen LogP contribution in [-0.2, 0) is 17.8 Å². The third kappa shape index (κ3) is 4.81. The predicted octanol–water partition coefficient (Wildman–Crippen LogP) is 3.34. The molecule has 2 aromatic heterocycles. The summed E-state index contributed by atoms with van der Waals surface area (Å²) in [4.78, 5) is 15.9. The summed E-state index contributed by atoms with van der Waals surface area (Å²) in [5, 5.41) is 16.2. The minimum atomic E-state index is -0.0520. The first-order chi connectivity index (χ1) is 14.2. The number of H-pyrrole nitrogens is 1. The molecular formula is C21H21ClN6O. The van der Waals surface area contributed by atoms with Crippen molar-refractivity contribution in [3.8, 4) is 0 Å². The van der Waals surface area contributed by atoms with E-state index in [1.165, 1.54) is 10.9 Å². The molecule has 0 bridgehead atoms. The number of benzene rings is 2. The van der Waals surface area contributed by atoms with Gasteiger partial charge in [0.15, 0.2) is 0 Å². The van der Waals surface area contributed by atoms with E-state index in [1.54, 1.807) is 11.0 Å². The lowest BCUT2D eigenvalue weighted by molar-refractivity contribution is -0.121. The van der Waals surface area contributed by atoms with Crippen LogP contribution in [0.4, 0.5) is 0 Å². The monoisotopic (exact) mass is 408 g/mol. The van der Waals surface area contributed by atoms with Crippen molar-refractivity contribution >= 4 is 28.4 Å². The number of hydrogen-bond acceptors (Lipinski definition) is 4. The molecule has 1 atom stereocenters. The second kappa shape index (κ2) is 8.87. The van der Waals surface area contributed by atoms with Crippen LogP contribution in [0.2, 0.25) is 5.02 Å². The Morgan fingerprint density at radius 3 is 2.79 bits per heavy atom. The van der Waals surface area contributed by atoms with Crippen LogP contribution in [0.5, 0.6) is 0 Å². The van der Waals surface area contributed by atoms with Crippen LogP contribution < -0.4 is 5.32 Å². The van der Waals surface area contributed by atoms with Crippen LogP contribution >= 0.6 is 11.6 Å². The molecule has 2 aromatic carbocycles. The smallest absolute Gasteiger partial charge is 0.220 e. The Kier molecular flexibility index (Phi) is 5.86. The number of halogens is 1. The number of para-hydroxylation sites is 1. The summed E-state index contributed by atoms with van der Waals surface area (Å²) >= 11 is 6.00. The van der Waals surface area contributed by atoms with Gasteiger partial charge < -0.3 is 10.3 Å². The van der Waals surface area contributed by atoms with Gasteiger partial charge in [-0.25, -0.2) is 4.68 Å². The number of aromatic nitrogens is 5. The van der Waals surface area contributed by atoms with E-state index < -0.39 is 0 Å². The zero-order valence-corrected chi connectivity index (χ0v) is 16.5. The first-order valence-corrected chi connectivity index (χ1v) is 9.85. The average Bonchev–Trinajstić information content (AvgIpc) is 3.38. The standard InChI is InChI=1S/C21H21ClN6O/c22-18-7-5-15(6-8-18)17(13-28-14-25-26-27-28)11-21(29)23-10-9-16-12-24-20-4-2-1-3-19(16)20/h1-8,12,14,17,24H,9-11,13H2,(H,23,29). The maximum Gasteiger partial charge on any atom is 0.220 e. The van der Waals surface area contributed by atoms with Gasteiger partial charge in [-0.1, -0.05) is 41.9 Å². The van der Waals surface area contributed by atoms with E-state index in [1.807, 2.05) is 48.7 Å². The van der Waals surface area contributed by atoms with Crippen molar-refractivity contribution in [2.45, 2.75) is 25.3 Å². The molecule has 4 aromatic rings. The van der Waals surface area contributed by atoms with Gasteiger partial charge in [-0.2, -0.15) is 0 Å². The fourth-order valence-corrected chi connectivity index (χ4v) is 3.61. The average molecular weight is 409 g/mol.